The van der Waals surface area contributed by atoms with Gasteiger partial charge in [-0.25, -0.2) is 0 Å². The zero-order valence-corrected chi connectivity index (χ0v) is 9.22. The molecule has 88 valence electrons. The molecule has 0 unspecified atom stereocenters. The number of hydrogen-bond donors (Lipinski definition) is 1. The summed E-state index contributed by atoms with van der Waals surface area (Å²) < 4.78 is 16.0. The van der Waals surface area contributed by atoms with E-state index in [1.54, 1.807) is 0 Å². The summed E-state index contributed by atoms with van der Waals surface area (Å²) in [6, 6.07) is 7.50. The van der Waals surface area contributed by atoms with Gasteiger partial charge in [-0.2, -0.15) is 0 Å². The van der Waals surface area contributed by atoms with Gasteiger partial charge < -0.3 is 19.9 Å². The molecule has 4 nitrogen and oxygen atoms in total. The summed E-state index contributed by atoms with van der Waals surface area (Å²) in [5, 5.41) is 0. The van der Waals surface area contributed by atoms with Crippen molar-refractivity contribution in [2.45, 2.75) is 12.5 Å². The molecule has 0 spiro atoms. The molecular formula is C12H17NO3. The molecule has 1 heterocycles. The Labute approximate surface area is 95.3 Å². The summed E-state index contributed by atoms with van der Waals surface area (Å²) in [4.78, 5) is 0. The monoisotopic (exact) mass is 223 g/mol. The lowest BCUT2D eigenvalue weighted by molar-refractivity contribution is -0.130. The Bertz CT molecular complexity index is 326. The second kappa shape index (κ2) is 5.72. The van der Waals surface area contributed by atoms with Gasteiger partial charge in [0, 0.05) is 6.42 Å². The number of nitrogen functional groups attached to an aromatic ring is 1. The minimum atomic E-state index is 0.293. The van der Waals surface area contributed by atoms with Crippen molar-refractivity contribution in [2.75, 3.05) is 32.2 Å². The van der Waals surface area contributed by atoms with Crippen LogP contribution in [0.2, 0.25) is 0 Å². The first kappa shape index (κ1) is 11.2. The van der Waals surface area contributed by atoms with Crippen molar-refractivity contribution in [3.8, 4) is 5.75 Å². The van der Waals surface area contributed by atoms with Crippen molar-refractivity contribution in [1.29, 1.82) is 0 Å². The average molecular weight is 223 g/mol. The zero-order chi connectivity index (χ0) is 11.2. The maximum Gasteiger partial charge on any atom is 0.142 e. The van der Waals surface area contributed by atoms with E-state index >= 15 is 0 Å². The van der Waals surface area contributed by atoms with Gasteiger partial charge in [-0.15, -0.1) is 0 Å². The lowest BCUT2D eigenvalue weighted by atomic mass is 10.3. The average Bonchev–Trinajstić information content (AvgIpc) is 2.23. The van der Waals surface area contributed by atoms with E-state index in [9.17, 15) is 0 Å². The summed E-state index contributed by atoms with van der Waals surface area (Å²) in [5.41, 5.74) is 6.42. The first-order valence-corrected chi connectivity index (χ1v) is 5.53. The molecular weight excluding hydrogens is 206 g/mol. The van der Waals surface area contributed by atoms with Crippen molar-refractivity contribution in [3.63, 3.8) is 0 Å². The molecule has 1 aliphatic heterocycles. The smallest absolute Gasteiger partial charge is 0.142 e. The number of anilines is 1. The maximum absolute atomic E-state index is 5.74. The van der Waals surface area contributed by atoms with E-state index in [1.807, 2.05) is 24.3 Å². The van der Waals surface area contributed by atoms with Crippen LogP contribution in [0.25, 0.3) is 0 Å². The van der Waals surface area contributed by atoms with Gasteiger partial charge in [0.1, 0.15) is 11.9 Å². The molecule has 1 fully saturated rings. The molecule has 1 saturated heterocycles. The van der Waals surface area contributed by atoms with Crippen LogP contribution in [0.4, 0.5) is 5.69 Å². The Morgan fingerprint density at radius 3 is 2.75 bits per heavy atom. The maximum atomic E-state index is 5.74. The van der Waals surface area contributed by atoms with Crippen LogP contribution in [-0.4, -0.2) is 32.5 Å². The predicted molar refractivity (Wildman–Crippen MR) is 61.5 cm³/mol. The summed E-state index contributed by atoms with van der Waals surface area (Å²) in [5.74, 6) is 0.745. The Morgan fingerprint density at radius 2 is 2.06 bits per heavy atom. The van der Waals surface area contributed by atoms with Gasteiger partial charge in [0.2, 0.25) is 0 Å². The number of benzene rings is 1. The molecule has 0 saturated carbocycles. The van der Waals surface area contributed by atoms with Crippen LogP contribution < -0.4 is 10.5 Å². The van der Waals surface area contributed by atoms with E-state index in [0.29, 0.717) is 25.0 Å². The third-order valence-electron chi connectivity index (χ3n) is 2.43. The van der Waals surface area contributed by atoms with Gasteiger partial charge in [-0.1, -0.05) is 12.1 Å². The van der Waals surface area contributed by atoms with Crippen molar-refractivity contribution >= 4 is 5.69 Å². The molecule has 0 atom stereocenters. The SMILES string of the molecule is Nc1ccccc1OCCCOC1COC1. The molecule has 0 amide bonds. The number of para-hydroxylation sites is 2. The van der Waals surface area contributed by atoms with Crippen LogP contribution in [0.1, 0.15) is 6.42 Å². The fourth-order valence-corrected chi connectivity index (χ4v) is 1.41. The molecule has 16 heavy (non-hydrogen) atoms. The lowest BCUT2D eigenvalue weighted by Crippen LogP contribution is -2.36. The first-order valence-electron chi connectivity index (χ1n) is 5.53. The molecule has 2 N–H and O–H groups in total. The van der Waals surface area contributed by atoms with Crippen LogP contribution in [0.3, 0.4) is 0 Å². The van der Waals surface area contributed by atoms with Crippen molar-refractivity contribution in [3.05, 3.63) is 24.3 Å². The Hall–Kier alpha value is -1.26. The van der Waals surface area contributed by atoms with Crippen molar-refractivity contribution in [2.24, 2.45) is 0 Å². The quantitative estimate of drug-likeness (QED) is 0.586. The summed E-state index contributed by atoms with van der Waals surface area (Å²) in [7, 11) is 0. The van der Waals surface area contributed by atoms with E-state index in [2.05, 4.69) is 0 Å². The summed E-state index contributed by atoms with van der Waals surface area (Å²) in [6.07, 6.45) is 1.16. The summed E-state index contributed by atoms with van der Waals surface area (Å²) >= 11 is 0. The van der Waals surface area contributed by atoms with Crippen LogP contribution in [0, 0.1) is 0 Å². The Kier molecular flexibility index (Phi) is 4.02. The van der Waals surface area contributed by atoms with Gasteiger partial charge >= 0.3 is 0 Å². The molecule has 0 bridgehead atoms. The second-order valence-corrected chi connectivity index (χ2v) is 3.77. The summed E-state index contributed by atoms with van der Waals surface area (Å²) in [6.45, 7) is 2.79. The molecule has 1 aromatic carbocycles. The van der Waals surface area contributed by atoms with Gasteiger partial charge in [-0.05, 0) is 12.1 Å². The van der Waals surface area contributed by atoms with Crippen LogP contribution >= 0.6 is 0 Å². The highest BCUT2D eigenvalue weighted by Crippen LogP contribution is 2.19. The molecule has 0 aliphatic carbocycles. The Balaban J connectivity index is 1.58. The first-order chi connectivity index (χ1) is 7.86. The van der Waals surface area contributed by atoms with Gasteiger partial charge in [-0.3, -0.25) is 0 Å². The van der Waals surface area contributed by atoms with Gasteiger partial charge in [0.15, 0.2) is 0 Å². The zero-order valence-electron chi connectivity index (χ0n) is 9.22. The second-order valence-electron chi connectivity index (χ2n) is 3.77. The minimum absolute atomic E-state index is 0.293. The van der Waals surface area contributed by atoms with E-state index in [0.717, 1.165) is 25.4 Å². The fraction of sp³-hybridized carbons (Fsp3) is 0.500. The normalized spacial score (nSPS) is 15.8. The number of rotatable bonds is 6. The Morgan fingerprint density at radius 1 is 1.25 bits per heavy atom. The highest BCUT2D eigenvalue weighted by Gasteiger charge is 2.17. The highest BCUT2D eigenvalue weighted by molar-refractivity contribution is 5.51. The molecule has 4 heteroatoms. The number of nitrogens with two attached hydrogens (primary N) is 1. The van der Waals surface area contributed by atoms with E-state index in [-0.39, 0.29) is 0 Å². The van der Waals surface area contributed by atoms with E-state index in [1.165, 1.54) is 0 Å². The van der Waals surface area contributed by atoms with Crippen LogP contribution in [-0.2, 0) is 9.47 Å². The van der Waals surface area contributed by atoms with Crippen LogP contribution in [0.5, 0.6) is 5.75 Å². The number of hydrogen-bond acceptors (Lipinski definition) is 4. The fourth-order valence-electron chi connectivity index (χ4n) is 1.41. The van der Waals surface area contributed by atoms with E-state index < -0.39 is 0 Å². The van der Waals surface area contributed by atoms with Gasteiger partial charge in [0.05, 0.1) is 32.1 Å². The molecule has 2 rings (SSSR count). The predicted octanol–water partition coefficient (Wildman–Crippen LogP) is 1.45. The molecule has 1 aromatic rings. The highest BCUT2D eigenvalue weighted by atomic mass is 16.6. The van der Waals surface area contributed by atoms with E-state index in [4.69, 9.17) is 19.9 Å². The minimum Gasteiger partial charge on any atom is -0.491 e. The molecule has 0 radical (unpaired) electrons. The topological polar surface area (TPSA) is 53.7 Å². The largest absolute Gasteiger partial charge is 0.491 e. The standard InChI is InChI=1S/C12H17NO3/c13-11-4-1-2-5-12(11)16-7-3-6-15-10-8-14-9-10/h1-2,4-5,10H,3,6-9,13H2. The van der Waals surface area contributed by atoms with Gasteiger partial charge in [0.25, 0.3) is 0 Å². The van der Waals surface area contributed by atoms with Crippen molar-refractivity contribution in [1.82, 2.24) is 0 Å². The lowest BCUT2D eigenvalue weighted by Gasteiger charge is -2.25. The molecule has 1 aliphatic rings. The molecule has 0 aromatic heterocycles. The third kappa shape index (κ3) is 3.12. The number of ether oxygens (including phenoxy) is 3. The van der Waals surface area contributed by atoms with Crippen LogP contribution in [0.15, 0.2) is 24.3 Å². The van der Waals surface area contributed by atoms with Crippen molar-refractivity contribution < 1.29 is 14.2 Å². The third-order valence-corrected chi connectivity index (χ3v) is 2.43.